The second kappa shape index (κ2) is 5.82. The van der Waals surface area contributed by atoms with Crippen LogP contribution in [0.15, 0.2) is 0 Å². The van der Waals surface area contributed by atoms with Gasteiger partial charge in [-0.25, -0.2) is 4.79 Å². The van der Waals surface area contributed by atoms with Gasteiger partial charge < -0.3 is 10.4 Å². The lowest BCUT2D eigenvalue weighted by molar-refractivity contribution is -0.157. The molecule has 1 saturated heterocycles. The van der Waals surface area contributed by atoms with Gasteiger partial charge in [-0.2, -0.15) is 13.2 Å². The van der Waals surface area contributed by atoms with Crippen molar-refractivity contribution >= 4 is 11.9 Å². The first-order valence-corrected chi connectivity index (χ1v) is 6.80. The summed E-state index contributed by atoms with van der Waals surface area (Å²) in [5.41, 5.74) is -1.14. The maximum absolute atomic E-state index is 12.5. The minimum absolute atomic E-state index is 0.223. The molecule has 1 heterocycles. The number of imide groups is 1. The van der Waals surface area contributed by atoms with Crippen LogP contribution in [0.4, 0.5) is 18.0 Å². The number of nitrogens with zero attached hydrogens (tertiary/aromatic N) is 1. The largest absolute Gasteiger partial charge is 0.391 e. The second-order valence-electron chi connectivity index (χ2n) is 6.00. The van der Waals surface area contributed by atoms with Crippen molar-refractivity contribution in [2.75, 3.05) is 6.54 Å². The number of nitrogens with one attached hydrogen (secondary N) is 1. The monoisotopic (exact) mass is 310 g/mol. The van der Waals surface area contributed by atoms with Gasteiger partial charge in [-0.1, -0.05) is 27.7 Å². The van der Waals surface area contributed by atoms with Crippen molar-refractivity contribution in [3.05, 3.63) is 0 Å². The molecule has 8 heteroatoms. The molecule has 2 N–H and O–H groups in total. The Balaban J connectivity index is 2.92. The van der Waals surface area contributed by atoms with Gasteiger partial charge in [-0.15, -0.1) is 0 Å². The fourth-order valence-corrected chi connectivity index (χ4v) is 2.77. The van der Waals surface area contributed by atoms with Crippen LogP contribution in [0.3, 0.4) is 0 Å². The van der Waals surface area contributed by atoms with Crippen LogP contribution in [-0.4, -0.2) is 46.3 Å². The fraction of sp³-hybridized carbons (Fsp3) is 0.846. The molecule has 0 aromatic heterocycles. The van der Waals surface area contributed by atoms with E-state index in [2.05, 4.69) is 5.32 Å². The molecule has 1 rings (SSSR count). The third-order valence-corrected chi connectivity index (χ3v) is 3.84. The molecule has 1 aliphatic rings. The first kappa shape index (κ1) is 17.7. The summed E-state index contributed by atoms with van der Waals surface area (Å²) in [6.07, 6.45) is -7.83. The summed E-state index contributed by atoms with van der Waals surface area (Å²) in [7, 11) is 0. The molecule has 0 bridgehead atoms. The van der Waals surface area contributed by atoms with Crippen molar-refractivity contribution in [1.82, 2.24) is 10.2 Å². The first-order valence-electron chi connectivity index (χ1n) is 6.80. The van der Waals surface area contributed by atoms with Crippen molar-refractivity contribution in [3.8, 4) is 0 Å². The number of hydrogen-bond donors (Lipinski definition) is 2. The van der Waals surface area contributed by atoms with Crippen LogP contribution >= 0.6 is 0 Å². The van der Waals surface area contributed by atoms with Crippen LogP contribution in [-0.2, 0) is 4.79 Å². The Morgan fingerprint density at radius 2 is 1.67 bits per heavy atom. The highest BCUT2D eigenvalue weighted by molar-refractivity contribution is 6.07. The summed E-state index contributed by atoms with van der Waals surface area (Å²) in [6.45, 7) is 6.37. The lowest BCUT2D eigenvalue weighted by Gasteiger charge is -2.34. The van der Waals surface area contributed by atoms with Gasteiger partial charge in [-0.05, 0) is 11.8 Å². The molecule has 3 amide bonds. The standard InChI is InChI=1S/C13H21F3N2O3/c1-7(2)13(8(3)4)10(20)18(11(21)17-13)6-9(19)5-12(14,15)16/h7-9,19H,5-6H2,1-4H3,(H,17,21)/t9-/m0/s1. The second-order valence-corrected chi connectivity index (χ2v) is 6.00. The van der Waals surface area contributed by atoms with E-state index in [1.54, 1.807) is 27.7 Å². The van der Waals surface area contributed by atoms with Crippen molar-refractivity contribution in [2.45, 2.75) is 51.9 Å². The van der Waals surface area contributed by atoms with Gasteiger partial charge in [-0.3, -0.25) is 9.69 Å². The van der Waals surface area contributed by atoms with E-state index in [4.69, 9.17) is 0 Å². The van der Waals surface area contributed by atoms with Gasteiger partial charge in [0, 0.05) is 0 Å². The molecule has 21 heavy (non-hydrogen) atoms. The number of urea groups is 1. The highest BCUT2D eigenvalue weighted by Crippen LogP contribution is 2.33. The normalized spacial score (nSPS) is 20.4. The van der Waals surface area contributed by atoms with Crippen molar-refractivity contribution in [3.63, 3.8) is 0 Å². The Morgan fingerprint density at radius 3 is 2.00 bits per heavy atom. The van der Waals surface area contributed by atoms with Crippen molar-refractivity contribution in [1.29, 1.82) is 0 Å². The molecule has 122 valence electrons. The third kappa shape index (κ3) is 3.48. The highest BCUT2D eigenvalue weighted by atomic mass is 19.4. The summed E-state index contributed by atoms with van der Waals surface area (Å²) in [4.78, 5) is 25.1. The molecule has 0 aliphatic carbocycles. The smallest absolute Gasteiger partial charge is 0.391 e. The summed E-state index contributed by atoms with van der Waals surface area (Å²) in [5, 5.41) is 12.0. The van der Waals surface area contributed by atoms with Gasteiger partial charge in [0.2, 0.25) is 0 Å². The van der Waals surface area contributed by atoms with Gasteiger partial charge in [0.05, 0.1) is 19.1 Å². The molecular weight excluding hydrogens is 289 g/mol. The Morgan fingerprint density at radius 1 is 1.19 bits per heavy atom. The number of hydrogen-bond acceptors (Lipinski definition) is 3. The van der Waals surface area contributed by atoms with E-state index < -0.39 is 42.7 Å². The Kier molecular flexibility index (Phi) is 4.92. The van der Waals surface area contributed by atoms with E-state index >= 15 is 0 Å². The minimum Gasteiger partial charge on any atom is -0.391 e. The van der Waals surface area contributed by atoms with Crippen LogP contribution in [0.1, 0.15) is 34.1 Å². The summed E-state index contributed by atoms with van der Waals surface area (Å²) >= 11 is 0. The van der Waals surface area contributed by atoms with Gasteiger partial charge in [0.25, 0.3) is 5.91 Å². The van der Waals surface area contributed by atoms with E-state index in [1.165, 1.54) is 0 Å². The average molecular weight is 310 g/mol. The molecule has 0 unspecified atom stereocenters. The zero-order valence-corrected chi connectivity index (χ0v) is 12.5. The van der Waals surface area contributed by atoms with Crippen molar-refractivity contribution < 1.29 is 27.9 Å². The number of rotatable bonds is 5. The lowest BCUT2D eigenvalue weighted by atomic mass is 9.77. The molecular formula is C13H21F3N2O3. The van der Waals surface area contributed by atoms with E-state index in [0.29, 0.717) is 4.90 Å². The number of alkyl halides is 3. The number of carbonyl (C=O) groups is 2. The Labute approximate surface area is 121 Å². The Bertz CT molecular complexity index is 413. The van der Waals surface area contributed by atoms with Crippen LogP contribution in [0, 0.1) is 11.8 Å². The predicted octanol–water partition coefficient (Wildman–Crippen LogP) is 1.90. The van der Waals surface area contributed by atoms with Gasteiger partial charge in [0.1, 0.15) is 5.54 Å². The number of β-amino-alcohol motifs (C(OH)–C–C–N with tert-alkyl or cyclic N) is 1. The van der Waals surface area contributed by atoms with Gasteiger partial charge in [0.15, 0.2) is 0 Å². The van der Waals surface area contributed by atoms with E-state index in [1.807, 2.05) is 0 Å². The Hall–Kier alpha value is -1.31. The fourth-order valence-electron chi connectivity index (χ4n) is 2.77. The molecule has 1 atom stereocenters. The molecule has 0 aromatic carbocycles. The van der Waals surface area contributed by atoms with E-state index in [9.17, 15) is 27.9 Å². The molecule has 0 aromatic rings. The predicted molar refractivity (Wildman–Crippen MR) is 69.3 cm³/mol. The summed E-state index contributed by atoms with van der Waals surface area (Å²) < 4.78 is 36.7. The number of carbonyl (C=O) groups excluding carboxylic acids is 2. The van der Waals surface area contributed by atoms with Crippen molar-refractivity contribution in [2.24, 2.45) is 11.8 Å². The van der Waals surface area contributed by atoms with Crippen LogP contribution < -0.4 is 5.32 Å². The zero-order chi connectivity index (χ0) is 16.6. The molecule has 0 radical (unpaired) electrons. The topological polar surface area (TPSA) is 69.6 Å². The quantitative estimate of drug-likeness (QED) is 0.762. The van der Waals surface area contributed by atoms with Crippen LogP contribution in [0.2, 0.25) is 0 Å². The van der Waals surface area contributed by atoms with E-state index in [-0.39, 0.29) is 11.8 Å². The van der Waals surface area contributed by atoms with Crippen LogP contribution in [0.25, 0.3) is 0 Å². The number of halogens is 3. The average Bonchev–Trinajstić information content (AvgIpc) is 2.51. The highest BCUT2D eigenvalue weighted by Gasteiger charge is 2.55. The maximum Gasteiger partial charge on any atom is 0.391 e. The lowest BCUT2D eigenvalue weighted by Crippen LogP contribution is -2.55. The molecule has 5 nitrogen and oxygen atoms in total. The maximum atomic E-state index is 12.5. The number of amides is 3. The zero-order valence-electron chi connectivity index (χ0n) is 12.5. The SMILES string of the molecule is CC(C)C1(C(C)C)NC(=O)N(C[C@@H](O)CC(F)(F)F)C1=O. The first-order chi connectivity index (χ1) is 9.41. The molecule has 1 fully saturated rings. The molecule has 0 saturated carbocycles. The van der Waals surface area contributed by atoms with E-state index in [0.717, 1.165) is 0 Å². The van der Waals surface area contributed by atoms with Gasteiger partial charge >= 0.3 is 12.2 Å². The summed E-state index contributed by atoms with van der Waals surface area (Å²) in [6, 6.07) is -0.761. The minimum atomic E-state index is -4.55. The number of aliphatic hydroxyl groups excluding tert-OH is 1. The summed E-state index contributed by atoms with van der Waals surface area (Å²) in [5.74, 6) is -1.03. The molecule has 0 spiro atoms. The van der Waals surface area contributed by atoms with Crippen LogP contribution in [0.5, 0.6) is 0 Å². The molecule has 1 aliphatic heterocycles. The third-order valence-electron chi connectivity index (χ3n) is 3.84. The number of aliphatic hydroxyl groups is 1.